The van der Waals surface area contributed by atoms with Gasteiger partial charge in [0.15, 0.2) is 6.61 Å². The van der Waals surface area contributed by atoms with Crippen molar-refractivity contribution >= 4 is 5.91 Å². The third-order valence-corrected chi connectivity index (χ3v) is 3.25. The largest absolute Gasteiger partial charge is 0.484 e. The molecule has 1 aromatic rings. The quantitative estimate of drug-likeness (QED) is 0.678. The average molecular weight is 265 g/mol. The Morgan fingerprint density at radius 3 is 2.74 bits per heavy atom. The van der Waals surface area contributed by atoms with E-state index in [0.717, 1.165) is 12.8 Å². The van der Waals surface area contributed by atoms with Gasteiger partial charge in [-0.1, -0.05) is 6.07 Å². The molecule has 0 aliphatic heterocycles. The van der Waals surface area contributed by atoms with Crippen LogP contribution < -0.4 is 10.1 Å². The second kappa shape index (κ2) is 6.54. The van der Waals surface area contributed by atoms with Crippen LogP contribution in [0.15, 0.2) is 18.2 Å². The molecule has 104 valence electrons. The van der Waals surface area contributed by atoms with Crippen LogP contribution in [0.3, 0.4) is 0 Å². The highest BCUT2D eigenvalue weighted by Crippen LogP contribution is 2.25. The molecule has 19 heavy (non-hydrogen) atoms. The number of aryl methyl sites for hydroxylation is 2. The SMILES string of the molecule is O=C(COc1ccc2c(c1)CCC2)NC(CO)CO. The van der Waals surface area contributed by atoms with E-state index in [4.69, 9.17) is 14.9 Å². The van der Waals surface area contributed by atoms with Crippen molar-refractivity contribution in [1.29, 1.82) is 0 Å². The van der Waals surface area contributed by atoms with Crippen LogP contribution in [0.1, 0.15) is 17.5 Å². The minimum atomic E-state index is -0.629. The zero-order valence-corrected chi connectivity index (χ0v) is 10.8. The van der Waals surface area contributed by atoms with Crippen molar-refractivity contribution in [3.05, 3.63) is 29.3 Å². The summed E-state index contributed by atoms with van der Waals surface area (Å²) in [7, 11) is 0. The zero-order chi connectivity index (χ0) is 13.7. The van der Waals surface area contributed by atoms with Crippen LogP contribution in [0.2, 0.25) is 0 Å². The van der Waals surface area contributed by atoms with Gasteiger partial charge in [0.05, 0.1) is 19.3 Å². The number of rotatable bonds is 6. The number of amides is 1. The van der Waals surface area contributed by atoms with Crippen LogP contribution >= 0.6 is 0 Å². The van der Waals surface area contributed by atoms with E-state index in [9.17, 15) is 4.79 Å². The summed E-state index contributed by atoms with van der Waals surface area (Å²) in [4.78, 5) is 11.5. The first-order valence-electron chi connectivity index (χ1n) is 6.48. The Morgan fingerprint density at radius 2 is 2.00 bits per heavy atom. The number of fused-ring (bicyclic) bond motifs is 1. The number of carbonyl (C=O) groups excluding carboxylic acids is 1. The number of carbonyl (C=O) groups is 1. The predicted molar refractivity (Wildman–Crippen MR) is 70.1 cm³/mol. The molecule has 0 atom stereocenters. The van der Waals surface area contributed by atoms with E-state index in [-0.39, 0.29) is 25.7 Å². The smallest absolute Gasteiger partial charge is 0.258 e. The normalized spacial score (nSPS) is 13.4. The first kappa shape index (κ1) is 13.8. The lowest BCUT2D eigenvalue weighted by atomic mass is 10.1. The molecule has 0 aromatic heterocycles. The lowest BCUT2D eigenvalue weighted by Gasteiger charge is -2.14. The predicted octanol–water partition coefficient (Wildman–Crippen LogP) is 0.0235. The van der Waals surface area contributed by atoms with Gasteiger partial charge >= 0.3 is 0 Å². The third-order valence-electron chi connectivity index (χ3n) is 3.25. The van der Waals surface area contributed by atoms with Crippen molar-refractivity contribution in [3.63, 3.8) is 0 Å². The van der Waals surface area contributed by atoms with Crippen molar-refractivity contribution in [2.75, 3.05) is 19.8 Å². The molecule has 5 nitrogen and oxygen atoms in total. The lowest BCUT2D eigenvalue weighted by molar-refractivity contribution is -0.124. The monoisotopic (exact) mass is 265 g/mol. The molecule has 0 saturated heterocycles. The van der Waals surface area contributed by atoms with E-state index < -0.39 is 6.04 Å². The molecular formula is C14H19NO4. The Labute approximate surface area is 112 Å². The van der Waals surface area contributed by atoms with E-state index in [0.29, 0.717) is 5.75 Å². The first-order chi connectivity index (χ1) is 9.22. The molecule has 0 heterocycles. The van der Waals surface area contributed by atoms with Crippen molar-refractivity contribution in [3.8, 4) is 5.75 Å². The van der Waals surface area contributed by atoms with Crippen molar-refractivity contribution < 1.29 is 19.7 Å². The molecule has 1 aliphatic carbocycles. The molecule has 0 spiro atoms. The van der Waals surface area contributed by atoms with Crippen LogP contribution in [-0.4, -0.2) is 42.0 Å². The third kappa shape index (κ3) is 3.68. The molecule has 0 fully saturated rings. The highest BCUT2D eigenvalue weighted by Gasteiger charge is 2.13. The van der Waals surface area contributed by atoms with Crippen molar-refractivity contribution in [2.24, 2.45) is 0 Å². The standard InChI is InChI=1S/C14H19NO4/c16-7-12(8-17)15-14(18)9-19-13-5-4-10-2-1-3-11(10)6-13/h4-6,12,16-17H,1-3,7-9H2,(H,15,18). The van der Waals surface area contributed by atoms with Crippen LogP contribution in [0.25, 0.3) is 0 Å². The highest BCUT2D eigenvalue weighted by molar-refractivity contribution is 5.77. The van der Waals surface area contributed by atoms with E-state index in [1.807, 2.05) is 18.2 Å². The molecule has 1 amide bonds. The number of aliphatic hydroxyl groups is 2. The van der Waals surface area contributed by atoms with Gasteiger partial charge in [-0.25, -0.2) is 0 Å². The van der Waals surface area contributed by atoms with Crippen LogP contribution in [0, 0.1) is 0 Å². The number of ether oxygens (including phenoxy) is 1. The molecule has 1 aromatic carbocycles. The molecule has 1 aliphatic rings. The van der Waals surface area contributed by atoms with Gasteiger partial charge in [0.1, 0.15) is 5.75 Å². The number of nitrogens with one attached hydrogen (secondary N) is 1. The van der Waals surface area contributed by atoms with Gasteiger partial charge in [0, 0.05) is 0 Å². The summed E-state index contributed by atoms with van der Waals surface area (Å²) in [5.74, 6) is 0.328. The molecular weight excluding hydrogens is 246 g/mol. The molecule has 0 saturated carbocycles. The minimum Gasteiger partial charge on any atom is -0.484 e. The molecule has 0 bridgehead atoms. The number of aliphatic hydroxyl groups excluding tert-OH is 2. The van der Waals surface area contributed by atoms with Crippen molar-refractivity contribution in [1.82, 2.24) is 5.32 Å². The molecule has 3 N–H and O–H groups in total. The van der Waals surface area contributed by atoms with Gasteiger partial charge in [-0.3, -0.25) is 4.79 Å². The first-order valence-corrected chi connectivity index (χ1v) is 6.48. The highest BCUT2D eigenvalue weighted by atomic mass is 16.5. The van der Waals surface area contributed by atoms with Gasteiger partial charge in [-0.2, -0.15) is 0 Å². The van der Waals surface area contributed by atoms with Crippen LogP contribution in [-0.2, 0) is 17.6 Å². The second-order valence-electron chi connectivity index (χ2n) is 4.70. The van der Waals surface area contributed by atoms with Crippen LogP contribution in [0.4, 0.5) is 0 Å². The number of hydrogen-bond acceptors (Lipinski definition) is 4. The fourth-order valence-corrected chi connectivity index (χ4v) is 2.21. The van der Waals surface area contributed by atoms with E-state index in [1.54, 1.807) is 0 Å². The molecule has 5 heteroatoms. The van der Waals surface area contributed by atoms with Gasteiger partial charge in [0.2, 0.25) is 0 Å². The average Bonchev–Trinajstić information content (AvgIpc) is 2.89. The molecule has 0 radical (unpaired) electrons. The van der Waals surface area contributed by atoms with E-state index >= 15 is 0 Å². The maximum absolute atomic E-state index is 11.5. The van der Waals surface area contributed by atoms with Gasteiger partial charge in [-0.15, -0.1) is 0 Å². The molecule has 0 unspecified atom stereocenters. The summed E-state index contributed by atoms with van der Waals surface area (Å²) in [6.07, 6.45) is 3.36. The number of benzene rings is 1. The van der Waals surface area contributed by atoms with Gasteiger partial charge in [-0.05, 0) is 42.5 Å². The zero-order valence-electron chi connectivity index (χ0n) is 10.8. The van der Waals surface area contributed by atoms with Gasteiger partial charge < -0.3 is 20.3 Å². The fraction of sp³-hybridized carbons (Fsp3) is 0.500. The molecule has 2 rings (SSSR count). The van der Waals surface area contributed by atoms with E-state index in [1.165, 1.54) is 17.5 Å². The topological polar surface area (TPSA) is 78.8 Å². The summed E-state index contributed by atoms with van der Waals surface area (Å²) in [6.45, 7) is -0.697. The van der Waals surface area contributed by atoms with Gasteiger partial charge in [0.25, 0.3) is 5.91 Å². The Bertz CT molecular complexity index is 443. The summed E-state index contributed by atoms with van der Waals surface area (Å²) in [5, 5.41) is 20.2. The van der Waals surface area contributed by atoms with Crippen LogP contribution in [0.5, 0.6) is 5.75 Å². The maximum Gasteiger partial charge on any atom is 0.258 e. The summed E-state index contributed by atoms with van der Waals surface area (Å²) in [5.41, 5.74) is 2.65. The lowest BCUT2D eigenvalue weighted by Crippen LogP contribution is -2.42. The Morgan fingerprint density at radius 1 is 1.26 bits per heavy atom. The van der Waals surface area contributed by atoms with Crippen molar-refractivity contribution in [2.45, 2.75) is 25.3 Å². The van der Waals surface area contributed by atoms with E-state index in [2.05, 4.69) is 5.32 Å². The second-order valence-corrected chi connectivity index (χ2v) is 4.70. The Kier molecular flexibility index (Phi) is 4.76. The summed E-state index contributed by atoms with van der Waals surface area (Å²) >= 11 is 0. The summed E-state index contributed by atoms with van der Waals surface area (Å²) in [6, 6.07) is 5.26. The fourth-order valence-electron chi connectivity index (χ4n) is 2.21. The maximum atomic E-state index is 11.5. The minimum absolute atomic E-state index is 0.116. The summed E-state index contributed by atoms with van der Waals surface area (Å²) < 4.78 is 5.41. The number of hydrogen-bond donors (Lipinski definition) is 3. The Balaban J connectivity index is 1.83. The Hall–Kier alpha value is -1.59.